The van der Waals surface area contributed by atoms with Crippen LogP contribution in [-0.4, -0.2) is 87.5 Å². The number of hydrogen-bond acceptors (Lipinski definition) is 7. The molecule has 6 N–H and O–H groups in total. The van der Waals surface area contributed by atoms with E-state index >= 15 is 0 Å². The zero-order valence-corrected chi connectivity index (χ0v) is 20.2. The van der Waals surface area contributed by atoms with E-state index in [0.29, 0.717) is 31.6 Å². The number of nitrogens with zero attached hydrogens (tertiary/aromatic N) is 1. The van der Waals surface area contributed by atoms with Gasteiger partial charge in [0.15, 0.2) is 0 Å². The lowest BCUT2D eigenvalue weighted by Crippen LogP contribution is -2.56. The molecule has 0 spiro atoms. The molecule has 1 saturated heterocycles. The summed E-state index contributed by atoms with van der Waals surface area (Å²) in [6.07, 6.45) is 3.08. The van der Waals surface area contributed by atoms with Crippen molar-refractivity contribution >= 4 is 41.4 Å². The lowest BCUT2D eigenvalue weighted by Gasteiger charge is -2.28. The molecule has 0 aliphatic carbocycles. The van der Waals surface area contributed by atoms with Crippen LogP contribution in [0.25, 0.3) is 0 Å². The van der Waals surface area contributed by atoms with Gasteiger partial charge in [-0.15, -0.1) is 0 Å². The average molecular weight is 489 g/mol. The molecule has 0 aromatic carbocycles. The summed E-state index contributed by atoms with van der Waals surface area (Å²) < 4.78 is 0. The smallest absolute Gasteiger partial charge is 0.326 e. The van der Waals surface area contributed by atoms with Crippen LogP contribution < -0.4 is 16.4 Å². The van der Waals surface area contributed by atoms with E-state index in [2.05, 4.69) is 10.6 Å². The number of hydrogen-bond donors (Lipinski definition) is 5. The zero-order valence-electron chi connectivity index (χ0n) is 19.4. The first kappa shape index (κ1) is 28.7. The van der Waals surface area contributed by atoms with Gasteiger partial charge in [-0.25, -0.2) is 4.79 Å². The van der Waals surface area contributed by atoms with Crippen LogP contribution in [0.5, 0.6) is 0 Å². The van der Waals surface area contributed by atoms with Crippen LogP contribution in [-0.2, 0) is 24.0 Å². The van der Waals surface area contributed by atoms with Gasteiger partial charge in [-0.1, -0.05) is 13.8 Å². The van der Waals surface area contributed by atoms with Crippen LogP contribution in [0.15, 0.2) is 0 Å². The van der Waals surface area contributed by atoms with Crippen LogP contribution in [0.3, 0.4) is 0 Å². The number of likely N-dealkylation sites (tertiary alicyclic amines) is 1. The van der Waals surface area contributed by atoms with Crippen LogP contribution in [0, 0.1) is 5.92 Å². The Hall–Kier alpha value is -2.34. The summed E-state index contributed by atoms with van der Waals surface area (Å²) in [6, 6.07) is -3.86. The number of thioether (sulfide) groups is 1. The Labute approximate surface area is 198 Å². The van der Waals surface area contributed by atoms with E-state index in [1.807, 2.05) is 20.1 Å². The fraction of sp³-hybridized carbons (Fsp3) is 0.762. The third-order valence-electron chi connectivity index (χ3n) is 5.39. The molecule has 0 aromatic heterocycles. The van der Waals surface area contributed by atoms with Gasteiger partial charge < -0.3 is 31.5 Å². The highest BCUT2D eigenvalue weighted by Crippen LogP contribution is 2.20. The molecule has 188 valence electrons. The van der Waals surface area contributed by atoms with Crippen LogP contribution >= 0.6 is 11.8 Å². The number of rotatable bonds is 14. The molecule has 33 heavy (non-hydrogen) atoms. The van der Waals surface area contributed by atoms with Crippen LogP contribution in [0.4, 0.5) is 0 Å². The summed E-state index contributed by atoms with van der Waals surface area (Å²) in [5.74, 6) is -3.18. The Balaban J connectivity index is 2.87. The Kier molecular flexibility index (Phi) is 12.2. The van der Waals surface area contributed by atoms with Gasteiger partial charge >= 0.3 is 11.9 Å². The standard InChI is InChI=1S/C21H36N4O7S/c1-12(2)11-15(21(31)32)24-18(28)14(8-10-33-3)23-19(29)16-5-4-9-25(16)20(30)13(22)6-7-17(26)27/h12-16H,4-11,22H2,1-3H3,(H,23,29)(H,24,28)(H,26,27)(H,31,32). The SMILES string of the molecule is CSCCC(NC(=O)C1CCCN1C(=O)C(N)CCC(=O)O)C(=O)NC(CC(C)C)C(=O)O. The molecule has 4 unspecified atom stereocenters. The molecular weight excluding hydrogens is 452 g/mol. The second kappa shape index (κ2) is 14.0. The highest BCUT2D eigenvalue weighted by Gasteiger charge is 2.38. The predicted molar refractivity (Wildman–Crippen MR) is 124 cm³/mol. The Morgan fingerprint density at radius 1 is 1.09 bits per heavy atom. The summed E-state index contributed by atoms with van der Waals surface area (Å²) in [5, 5.41) is 23.4. The molecule has 1 heterocycles. The maximum atomic E-state index is 13.0. The van der Waals surface area contributed by atoms with E-state index in [9.17, 15) is 29.1 Å². The predicted octanol–water partition coefficient (Wildman–Crippen LogP) is 0.0229. The number of nitrogens with two attached hydrogens (primary N) is 1. The quantitative estimate of drug-likeness (QED) is 0.225. The summed E-state index contributed by atoms with van der Waals surface area (Å²) in [6.45, 7) is 4.01. The van der Waals surface area contributed by atoms with E-state index in [-0.39, 0.29) is 25.2 Å². The molecule has 0 aromatic rings. The monoisotopic (exact) mass is 488 g/mol. The molecular formula is C21H36N4O7S. The van der Waals surface area contributed by atoms with Gasteiger partial charge in [0.1, 0.15) is 18.1 Å². The van der Waals surface area contributed by atoms with Crippen molar-refractivity contribution in [3.63, 3.8) is 0 Å². The molecule has 11 nitrogen and oxygen atoms in total. The number of carbonyl (C=O) groups is 5. The Bertz CT molecular complexity index is 719. The largest absolute Gasteiger partial charge is 0.481 e. The number of nitrogens with one attached hydrogen (secondary N) is 2. The zero-order chi connectivity index (χ0) is 25.1. The molecule has 0 saturated carbocycles. The van der Waals surface area contributed by atoms with Crippen molar-refractivity contribution in [1.82, 2.24) is 15.5 Å². The lowest BCUT2D eigenvalue weighted by molar-refractivity contribution is -0.143. The minimum absolute atomic E-state index is 0.0375. The first-order chi connectivity index (χ1) is 15.5. The maximum absolute atomic E-state index is 13.0. The molecule has 0 bridgehead atoms. The minimum atomic E-state index is -1.14. The Morgan fingerprint density at radius 2 is 1.76 bits per heavy atom. The van der Waals surface area contributed by atoms with E-state index in [1.165, 1.54) is 16.7 Å². The van der Waals surface area contributed by atoms with Gasteiger partial charge in [-0.3, -0.25) is 19.2 Å². The van der Waals surface area contributed by atoms with Gasteiger partial charge in [0.25, 0.3) is 0 Å². The topological polar surface area (TPSA) is 179 Å². The van der Waals surface area contributed by atoms with Gasteiger partial charge in [-0.2, -0.15) is 11.8 Å². The minimum Gasteiger partial charge on any atom is -0.481 e. The number of carbonyl (C=O) groups excluding carboxylic acids is 3. The Morgan fingerprint density at radius 3 is 2.30 bits per heavy atom. The first-order valence-electron chi connectivity index (χ1n) is 11.1. The van der Waals surface area contributed by atoms with Gasteiger partial charge in [0.2, 0.25) is 17.7 Å². The van der Waals surface area contributed by atoms with Crippen molar-refractivity contribution < 1.29 is 34.2 Å². The van der Waals surface area contributed by atoms with E-state index in [0.717, 1.165) is 0 Å². The van der Waals surface area contributed by atoms with Crippen molar-refractivity contribution in [3.05, 3.63) is 0 Å². The number of amides is 3. The molecule has 1 aliphatic rings. The normalized spacial score (nSPS) is 18.5. The summed E-state index contributed by atoms with van der Waals surface area (Å²) >= 11 is 1.48. The second-order valence-corrected chi connectivity index (χ2v) is 9.59. The molecule has 12 heteroatoms. The van der Waals surface area contributed by atoms with E-state index < -0.39 is 53.8 Å². The average Bonchev–Trinajstić information content (AvgIpc) is 3.23. The highest BCUT2D eigenvalue weighted by atomic mass is 32.2. The second-order valence-electron chi connectivity index (χ2n) is 8.60. The fourth-order valence-electron chi connectivity index (χ4n) is 3.66. The third kappa shape index (κ3) is 9.58. The molecule has 4 atom stereocenters. The van der Waals surface area contributed by atoms with Crippen molar-refractivity contribution in [2.24, 2.45) is 11.7 Å². The summed E-state index contributed by atoms with van der Waals surface area (Å²) in [7, 11) is 0. The first-order valence-corrected chi connectivity index (χ1v) is 12.5. The molecule has 0 radical (unpaired) electrons. The molecule has 1 fully saturated rings. The fourth-order valence-corrected chi connectivity index (χ4v) is 4.13. The maximum Gasteiger partial charge on any atom is 0.326 e. The highest BCUT2D eigenvalue weighted by molar-refractivity contribution is 7.98. The van der Waals surface area contributed by atoms with Gasteiger partial charge in [0, 0.05) is 13.0 Å². The third-order valence-corrected chi connectivity index (χ3v) is 6.03. The van der Waals surface area contributed by atoms with Crippen molar-refractivity contribution in [2.45, 2.75) is 76.5 Å². The molecule has 1 rings (SSSR count). The number of aliphatic carboxylic acids is 2. The molecule has 3 amide bonds. The van der Waals surface area contributed by atoms with Crippen molar-refractivity contribution in [1.29, 1.82) is 0 Å². The molecule has 1 aliphatic heterocycles. The summed E-state index contributed by atoms with van der Waals surface area (Å²) in [5.41, 5.74) is 5.84. The number of carboxylic acid groups (broad SMARTS) is 2. The van der Waals surface area contributed by atoms with Gasteiger partial charge in [-0.05, 0) is 50.0 Å². The van der Waals surface area contributed by atoms with Crippen LogP contribution in [0.2, 0.25) is 0 Å². The van der Waals surface area contributed by atoms with Gasteiger partial charge in [0.05, 0.1) is 6.04 Å². The lowest BCUT2D eigenvalue weighted by atomic mass is 10.0. The number of carboxylic acids is 2. The van der Waals surface area contributed by atoms with Crippen LogP contribution in [0.1, 0.15) is 52.4 Å². The van der Waals surface area contributed by atoms with E-state index in [4.69, 9.17) is 10.8 Å². The van der Waals surface area contributed by atoms with Crippen molar-refractivity contribution in [2.75, 3.05) is 18.6 Å². The van der Waals surface area contributed by atoms with Crippen molar-refractivity contribution in [3.8, 4) is 0 Å². The summed E-state index contributed by atoms with van der Waals surface area (Å²) in [4.78, 5) is 62.1. The van der Waals surface area contributed by atoms with E-state index in [1.54, 1.807) is 0 Å².